The van der Waals surface area contributed by atoms with Gasteiger partial charge in [0.1, 0.15) is 5.82 Å². The van der Waals surface area contributed by atoms with E-state index in [1.54, 1.807) is 0 Å². The van der Waals surface area contributed by atoms with E-state index in [2.05, 4.69) is 25.5 Å². The van der Waals surface area contributed by atoms with E-state index < -0.39 is 15.9 Å². The van der Waals surface area contributed by atoms with E-state index in [9.17, 15) is 13.2 Å². The Labute approximate surface area is 181 Å². The summed E-state index contributed by atoms with van der Waals surface area (Å²) in [5.41, 5.74) is 7.56. The Kier molecular flexibility index (Phi) is 5.96. The number of sulfonamides is 1. The summed E-state index contributed by atoms with van der Waals surface area (Å²) in [6.07, 6.45) is 5.94. The summed E-state index contributed by atoms with van der Waals surface area (Å²) in [4.78, 5) is 22.5. The van der Waals surface area contributed by atoms with Crippen molar-refractivity contribution < 1.29 is 13.2 Å². The van der Waals surface area contributed by atoms with Crippen LogP contribution in [-0.2, 0) is 10.0 Å². The normalized spacial score (nSPS) is 17.8. The molecule has 1 aromatic carbocycles. The van der Waals surface area contributed by atoms with Gasteiger partial charge in [0.25, 0.3) is 5.91 Å². The lowest BCUT2D eigenvalue weighted by Gasteiger charge is -2.34. The van der Waals surface area contributed by atoms with Gasteiger partial charge in [-0.1, -0.05) is 0 Å². The predicted octanol–water partition coefficient (Wildman–Crippen LogP) is 1.37. The van der Waals surface area contributed by atoms with Crippen LogP contribution in [0, 0.1) is 0 Å². The summed E-state index contributed by atoms with van der Waals surface area (Å²) in [6, 6.07) is 8.10. The third-order valence-electron chi connectivity index (χ3n) is 5.70. The van der Waals surface area contributed by atoms with Crippen LogP contribution in [0.5, 0.6) is 0 Å². The monoisotopic (exact) mass is 445 g/mol. The number of rotatable bonds is 7. The average Bonchev–Trinajstić information content (AvgIpc) is 2.71. The maximum absolute atomic E-state index is 11.7. The van der Waals surface area contributed by atoms with Gasteiger partial charge in [0.2, 0.25) is 16.0 Å². The molecular formula is C20H27N7O3S. The van der Waals surface area contributed by atoms with Crippen LogP contribution in [0.15, 0.2) is 30.5 Å². The lowest BCUT2D eigenvalue weighted by atomic mass is 9.93. The number of aromatic nitrogens is 2. The summed E-state index contributed by atoms with van der Waals surface area (Å²) in [6.45, 7) is 2.26. The maximum Gasteiger partial charge on any atom is 0.254 e. The zero-order valence-corrected chi connectivity index (χ0v) is 18.2. The van der Waals surface area contributed by atoms with Gasteiger partial charge in [-0.3, -0.25) is 4.79 Å². The second kappa shape index (κ2) is 8.67. The van der Waals surface area contributed by atoms with E-state index >= 15 is 0 Å². The standard InChI is InChI=1S/C20H27N7O3S/c1-31(29,30)27-11-9-26(10-12-27)16-7-5-15(6-8-16)24-20-22-13-17(18(21)28)19(25-20)23-14-3-2-4-14/h5-8,13-14H,2-4,9-12H2,1H3,(H2,21,28)(H2,22,23,24,25). The predicted molar refractivity (Wildman–Crippen MR) is 120 cm³/mol. The molecule has 0 unspecified atom stereocenters. The van der Waals surface area contributed by atoms with E-state index in [1.165, 1.54) is 16.8 Å². The lowest BCUT2D eigenvalue weighted by Crippen LogP contribution is -2.48. The molecule has 2 aliphatic rings. The van der Waals surface area contributed by atoms with E-state index in [0.717, 1.165) is 30.6 Å². The number of hydrogen-bond donors (Lipinski definition) is 3. The van der Waals surface area contributed by atoms with Crippen molar-refractivity contribution in [2.75, 3.05) is 48.0 Å². The molecule has 0 atom stereocenters. The van der Waals surface area contributed by atoms with Crippen molar-refractivity contribution in [1.29, 1.82) is 0 Å². The fourth-order valence-corrected chi connectivity index (χ4v) is 4.47. The highest BCUT2D eigenvalue weighted by atomic mass is 32.2. The molecule has 11 heteroatoms. The highest BCUT2D eigenvalue weighted by Crippen LogP contribution is 2.26. The number of primary amides is 1. The van der Waals surface area contributed by atoms with Gasteiger partial charge in [0.05, 0.1) is 11.8 Å². The minimum atomic E-state index is -3.14. The molecule has 1 amide bonds. The van der Waals surface area contributed by atoms with E-state index in [4.69, 9.17) is 5.73 Å². The maximum atomic E-state index is 11.7. The molecule has 31 heavy (non-hydrogen) atoms. The largest absolute Gasteiger partial charge is 0.369 e. The molecule has 2 fully saturated rings. The zero-order chi connectivity index (χ0) is 22.0. The summed E-state index contributed by atoms with van der Waals surface area (Å²) in [5.74, 6) is 0.269. The van der Waals surface area contributed by atoms with Gasteiger partial charge in [0, 0.05) is 49.8 Å². The number of anilines is 4. The van der Waals surface area contributed by atoms with Gasteiger partial charge >= 0.3 is 0 Å². The van der Waals surface area contributed by atoms with Gasteiger partial charge < -0.3 is 21.3 Å². The molecule has 2 heterocycles. The topological polar surface area (TPSA) is 134 Å². The highest BCUT2D eigenvalue weighted by Gasteiger charge is 2.24. The van der Waals surface area contributed by atoms with Gasteiger partial charge in [-0.05, 0) is 43.5 Å². The second-order valence-electron chi connectivity index (χ2n) is 7.91. The minimum absolute atomic E-state index is 0.279. The Bertz CT molecular complexity index is 1050. The van der Waals surface area contributed by atoms with Crippen molar-refractivity contribution >= 4 is 39.1 Å². The van der Waals surface area contributed by atoms with E-state index in [0.29, 0.717) is 44.0 Å². The molecule has 1 aliphatic heterocycles. The van der Waals surface area contributed by atoms with Crippen LogP contribution in [0.3, 0.4) is 0 Å². The molecule has 0 spiro atoms. The Hall–Kier alpha value is -2.92. The number of carbonyl (C=O) groups excluding carboxylic acids is 1. The number of hydrogen-bond acceptors (Lipinski definition) is 8. The molecule has 0 bridgehead atoms. The first kappa shape index (κ1) is 21.3. The Morgan fingerprint density at radius 1 is 1.13 bits per heavy atom. The first-order chi connectivity index (χ1) is 14.8. The fourth-order valence-electron chi connectivity index (χ4n) is 3.64. The Balaban J connectivity index is 1.42. The van der Waals surface area contributed by atoms with Crippen LogP contribution in [0.25, 0.3) is 0 Å². The number of nitrogens with two attached hydrogens (primary N) is 1. The first-order valence-corrected chi connectivity index (χ1v) is 12.1. The summed E-state index contributed by atoms with van der Waals surface area (Å²) in [5, 5.41) is 6.43. The van der Waals surface area contributed by atoms with Crippen molar-refractivity contribution in [2.24, 2.45) is 5.73 Å². The lowest BCUT2D eigenvalue weighted by molar-refractivity contribution is 0.100. The van der Waals surface area contributed by atoms with Crippen LogP contribution in [0.4, 0.5) is 23.1 Å². The van der Waals surface area contributed by atoms with E-state index in [-0.39, 0.29) is 5.56 Å². The summed E-state index contributed by atoms with van der Waals surface area (Å²) in [7, 11) is -3.14. The molecule has 1 aliphatic carbocycles. The third kappa shape index (κ3) is 5.05. The average molecular weight is 446 g/mol. The summed E-state index contributed by atoms with van der Waals surface area (Å²) < 4.78 is 24.8. The van der Waals surface area contributed by atoms with Gasteiger partial charge in [0.15, 0.2) is 0 Å². The van der Waals surface area contributed by atoms with Gasteiger partial charge in [-0.25, -0.2) is 13.4 Å². The van der Waals surface area contributed by atoms with Crippen molar-refractivity contribution in [3.05, 3.63) is 36.0 Å². The first-order valence-electron chi connectivity index (χ1n) is 10.3. The number of nitrogens with one attached hydrogen (secondary N) is 2. The SMILES string of the molecule is CS(=O)(=O)N1CCN(c2ccc(Nc3ncc(C(N)=O)c(NC4CCC4)n3)cc2)CC1. The van der Waals surface area contributed by atoms with Crippen LogP contribution in [-0.4, -0.2) is 67.1 Å². The molecule has 2 aromatic rings. The van der Waals surface area contributed by atoms with Crippen LogP contribution < -0.4 is 21.3 Å². The highest BCUT2D eigenvalue weighted by molar-refractivity contribution is 7.88. The van der Waals surface area contributed by atoms with Gasteiger partial charge in [-0.15, -0.1) is 0 Å². The number of amides is 1. The Morgan fingerprint density at radius 3 is 2.35 bits per heavy atom. The molecule has 1 saturated carbocycles. The zero-order valence-electron chi connectivity index (χ0n) is 17.4. The van der Waals surface area contributed by atoms with Crippen LogP contribution >= 0.6 is 0 Å². The minimum Gasteiger partial charge on any atom is -0.369 e. The van der Waals surface area contributed by atoms with Crippen molar-refractivity contribution in [2.45, 2.75) is 25.3 Å². The molecule has 0 radical (unpaired) electrons. The van der Waals surface area contributed by atoms with Gasteiger partial charge in [-0.2, -0.15) is 9.29 Å². The number of nitrogens with zero attached hydrogens (tertiary/aromatic N) is 4. The number of benzene rings is 1. The summed E-state index contributed by atoms with van der Waals surface area (Å²) >= 11 is 0. The smallest absolute Gasteiger partial charge is 0.254 e. The molecular weight excluding hydrogens is 418 g/mol. The van der Waals surface area contributed by atoms with Crippen molar-refractivity contribution in [3.8, 4) is 0 Å². The van der Waals surface area contributed by atoms with Crippen molar-refractivity contribution in [3.63, 3.8) is 0 Å². The fraction of sp³-hybridized carbons (Fsp3) is 0.450. The van der Waals surface area contributed by atoms with E-state index in [1.807, 2.05) is 24.3 Å². The van der Waals surface area contributed by atoms with Crippen molar-refractivity contribution in [1.82, 2.24) is 14.3 Å². The Morgan fingerprint density at radius 2 is 1.81 bits per heavy atom. The van der Waals surface area contributed by atoms with Crippen LogP contribution in [0.2, 0.25) is 0 Å². The molecule has 4 rings (SSSR count). The molecule has 4 N–H and O–H groups in total. The molecule has 1 saturated heterocycles. The number of piperazine rings is 1. The molecule has 1 aromatic heterocycles. The quantitative estimate of drug-likeness (QED) is 0.582. The number of carbonyl (C=O) groups is 1. The van der Waals surface area contributed by atoms with Crippen LogP contribution in [0.1, 0.15) is 29.6 Å². The third-order valence-corrected chi connectivity index (χ3v) is 7.00. The molecule has 10 nitrogen and oxygen atoms in total. The molecule has 166 valence electrons. The second-order valence-corrected chi connectivity index (χ2v) is 9.90.